The smallest absolute Gasteiger partial charge is 0.329 e. The minimum atomic E-state index is -0.609. The maximum Gasteiger partial charge on any atom is 0.340 e. The van der Waals surface area contributed by atoms with Crippen LogP contribution in [0, 0.1) is 0 Å². The molecule has 1 aliphatic carbocycles. The van der Waals surface area contributed by atoms with E-state index >= 15 is 0 Å². The van der Waals surface area contributed by atoms with Crippen molar-refractivity contribution in [1.82, 2.24) is 15.3 Å². The molecule has 1 aliphatic heterocycles. The van der Waals surface area contributed by atoms with Gasteiger partial charge >= 0.3 is 5.97 Å². The van der Waals surface area contributed by atoms with Crippen LogP contribution in [-0.4, -0.2) is 33.0 Å². The SMILES string of the molecule is O=C(ON1C(=O)c2ccccc2C1=O)C1CCCc2[nH]ncc21. The summed E-state index contributed by atoms with van der Waals surface area (Å²) in [5, 5.41) is 7.37. The lowest BCUT2D eigenvalue weighted by Crippen LogP contribution is -2.35. The first-order valence-electron chi connectivity index (χ1n) is 7.38. The van der Waals surface area contributed by atoms with Crippen molar-refractivity contribution < 1.29 is 19.2 Å². The fraction of sp³-hybridized carbons (Fsp3) is 0.250. The van der Waals surface area contributed by atoms with Crippen LogP contribution in [0.5, 0.6) is 0 Å². The number of fused-ring (bicyclic) bond motifs is 2. The number of aromatic amines is 1. The van der Waals surface area contributed by atoms with E-state index in [2.05, 4.69) is 10.2 Å². The van der Waals surface area contributed by atoms with Crippen LogP contribution in [0.2, 0.25) is 0 Å². The summed E-state index contributed by atoms with van der Waals surface area (Å²) in [6, 6.07) is 6.40. The Bertz CT molecular complexity index is 791. The zero-order valence-electron chi connectivity index (χ0n) is 12.1. The highest BCUT2D eigenvalue weighted by molar-refractivity contribution is 6.20. The molecular weight excluding hydrogens is 298 g/mol. The third-order valence-corrected chi connectivity index (χ3v) is 4.27. The number of aryl methyl sites for hydroxylation is 1. The average Bonchev–Trinajstić information content (AvgIpc) is 3.14. The van der Waals surface area contributed by atoms with Crippen LogP contribution in [0.3, 0.4) is 0 Å². The highest BCUT2D eigenvalue weighted by atomic mass is 16.7. The monoisotopic (exact) mass is 311 g/mol. The molecular formula is C16H13N3O4. The molecule has 0 saturated carbocycles. The molecule has 1 unspecified atom stereocenters. The number of aromatic nitrogens is 2. The number of rotatable bonds is 2. The van der Waals surface area contributed by atoms with Crippen molar-refractivity contribution in [2.75, 3.05) is 0 Å². The minimum absolute atomic E-state index is 0.248. The maximum atomic E-state index is 12.4. The molecule has 7 heteroatoms. The number of hydrogen-bond donors (Lipinski definition) is 1. The second-order valence-corrected chi connectivity index (χ2v) is 5.61. The zero-order chi connectivity index (χ0) is 16.0. The molecule has 0 fully saturated rings. The lowest BCUT2D eigenvalue weighted by atomic mass is 9.87. The van der Waals surface area contributed by atoms with Gasteiger partial charge in [-0.2, -0.15) is 5.10 Å². The summed E-state index contributed by atoms with van der Waals surface area (Å²) in [5.74, 6) is -2.34. The summed E-state index contributed by atoms with van der Waals surface area (Å²) >= 11 is 0. The fourth-order valence-corrected chi connectivity index (χ4v) is 3.11. The lowest BCUT2D eigenvalue weighted by Gasteiger charge is -2.22. The first-order chi connectivity index (χ1) is 11.2. The predicted molar refractivity (Wildman–Crippen MR) is 77.3 cm³/mol. The van der Waals surface area contributed by atoms with E-state index in [4.69, 9.17) is 4.84 Å². The van der Waals surface area contributed by atoms with E-state index in [1.54, 1.807) is 18.3 Å². The molecule has 1 atom stereocenters. The van der Waals surface area contributed by atoms with Crippen LogP contribution in [0.25, 0.3) is 0 Å². The Kier molecular flexibility index (Phi) is 3.00. The van der Waals surface area contributed by atoms with Gasteiger partial charge in [-0.05, 0) is 31.4 Å². The third-order valence-electron chi connectivity index (χ3n) is 4.27. The number of benzene rings is 1. The molecule has 2 aliphatic rings. The number of amides is 2. The van der Waals surface area contributed by atoms with E-state index in [1.165, 1.54) is 12.1 Å². The maximum absolute atomic E-state index is 12.4. The number of nitrogens with zero attached hydrogens (tertiary/aromatic N) is 2. The van der Waals surface area contributed by atoms with Gasteiger partial charge in [-0.15, -0.1) is 0 Å². The molecule has 2 heterocycles. The molecule has 0 spiro atoms. The van der Waals surface area contributed by atoms with Crippen molar-refractivity contribution >= 4 is 17.8 Å². The number of carbonyl (C=O) groups excluding carboxylic acids is 3. The highest BCUT2D eigenvalue weighted by Crippen LogP contribution is 2.32. The lowest BCUT2D eigenvalue weighted by molar-refractivity contribution is -0.170. The van der Waals surface area contributed by atoms with Crippen LogP contribution < -0.4 is 0 Å². The largest absolute Gasteiger partial charge is 0.340 e. The van der Waals surface area contributed by atoms with Crippen molar-refractivity contribution in [1.29, 1.82) is 0 Å². The van der Waals surface area contributed by atoms with Crippen LogP contribution in [0.1, 0.15) is 50.7 Å². The van der Waals surface area contributed by atoms with Crippen LogP contribution in [-0.2, 0) is 16.1 Å². The molecule has 1 aromatic heterocycles. The number of imide groups is 1. The number of hydrogen-bond acceptors (Lipinski definition) is 5. The van der Waals surface area contributed by atoms with Gasteiger partial charge in [0.05, 0.1) is 23.2 Å². The molecule has 116 valence electrons. The molecule has 23 heavy (non-hydrogen) atoms. The van der Waals surface area contributed by atoms with E-state index < -0.39 is 23.7 Å². The van der Waals surface area contributed by atoms with Crippen molar-refractivity contribution in [2.45, 2.75) is 25.2 Å². The van der Waals surface area contributed by atoms with Gasteiger partial charge in [-0.25, -0.2) is 4.79 Å². The molecule has 2 amide bonds. The van der Waals surface area contributed by atoms with E-state index in [1.807, 2.05) is 0 Å². The van der Waals surface area contributed by atoms with Gasteiger partial charge in [-0.1, -0.05) is 17.2 Å². The molecule has 0 saturated heterocycles. The van der Waals surface area contributed by atoms with Gasteiger partial charge < -0.3 is 4.84 Å². The van der Waals surface area contributed by atoms with Gasteiger partial charge in [0, 0.05) is 11.3 Å². The number of carbonyl (C=O) groups is 3. The van der Waals surface area contributed by atoms with Gasteiger partial charge in [0.1, 0.15) is 0 Å². The van der Waals surface area contributed by atoms with Crippen molar-refractivity contribution in [3.05, 3.63) is 52.8 Å². The third kappa shape index (κ3) is 2.04. The van der Waals surface area contributed by atoms with Crippen LogP contribution in [0.4, 0.5) is 0 Å². The number of hydroxylamine groups is 2. The highest BCUT2D eigenvalue weighted by Gasteiger charge is 2.40. The molecule has 0 radical (unpaired) electrons. The first-order valence-corrected chi connectivity index (χ1v) is 7.38. The normalized spacial score (nSPS) is 19.5. The second kappa shape index (κ2) is 5.05. The summed E-state index contributed by atoms with van der Waals surface area (Å²) in [5.41, 5.74) is 2.18. The average molecular weight is 311 g/mol. The molecule has 1 N–H and O–H groups in total. The summed E-state index contributed by atoms with van der Waals surface area (Å²) in [4.78, 5) is 42.0. The Hall–Kier alpha value is -2.96. The number of nitrogens with one attached hydrogen (secondary N) is 1. The van der Waals surface area contributed by atoms with Crippen LogP contribution in [0.15, 0.2) is 30.5 Å². The first kappa shape index (κ1) is 13.7. The zero-order valence-corrected chi connectivity index (χ0v) is 12.1. The van der Waals surface area contributed by atoms with Crippen molar-refractivity contribution in [3.8, 4) is 0 Å². The van der Waals surface area contributed by atoms with Gasteiger partial charge in [0.25, 0.3) is 11.8 Å². The van der Waals surface area contributed by atoms with Crippen LogP contribution >= 0.6 is 0 Å². The standard InChI is InChI=1S/C16H13N3O4/c20-14-9-4-1-2-5-10(9)15(21)19(14)23-16(22)11-6-3-7-13-12(11)8-17-18-13/h1-2,4-5,8,11H,3,6-7H2,(H,17,18). The predicted octanol–water partition coefficient (Wildman–Crippen LogP) is 1.58. The van der Waals surface area contributed by atoms with Gasteiger partial charge in [0.2, 0.25) is 0 Å². The molecule has 4 rings (SSSR count). The Morgan fingerprint density at radius 1 is 1.22 bits per heavy atom. The quantitative estimate of drug-likeness (QED) is 0.850. The topological polar surface area (TPSA) is 92.4 Å². The Morgan fingerprint density at radius 2 is 1.91 bits per heavy atom. The summed E-state index contributed by atoms with van der Waals surface area (Å²) in [6.07, 6.45) is 3.85. The summed E-state index contributed by atoms with van der Waals surface area (Å²) < 4.78 is 0. The molecule has 1 aromatic carbocycles. The van der Waals surface area contributed by atoms with Gasteiger partial charge in [-0.3, -0.25) is 14.7 Å². The molecule has 2 aromatic rings. The van der Waals surface area contributed by atoms with E-state index in [-0.39, 0.29) is 11.1 Å². The van der Waals surface area contributed by atoms with Crippen molar-refractivity contribution in [2.24, 2.45) is 0 Å². The molecule has 7 nitrogen and oxygen atoms in total. The Morgan fingerprint density at radius 3 is 2.61 bits per heavy atom. The molecule has 0 bridgehead atoms. The Labute approximate surface area is 131 Å². The van der Waals surface area contributed by atoms with Gasteiger partial charge in [0.15, 0.2) is 0 Å². The Balaban J connectivity index is 1.57. The number of H-pyrrole nitrogens is 1. The minimum Gasteiger partial charge on any atom is -0.329 e. The second-order valence-electron chi connectivity index (χ2n) is 5.61. The van der Waals surface area contributed by atoms with E-state index in [0.29, 0.717) is 11.5 Å². The summed E-state index contributed by atoms with van der Waals surface area (Å²) in [6.45, 7) is 0. The summed E-state index contributed by atoms with van der Waals surface area (Å²) in [7, 11) is 0. The van der Waals surface area contributed by atoms with E-state index in [0.717, 1.165) is 24.1 Å². The van der Waals surface area contributed by atoms with Crippen molar-refractivity contribution in [3.63, 3.8) is 0 Å². The van der Waals surface area contributed by atoms with E-state index in [9.17, 15) is 14.4 Å². The fourth-order valence-electron chi connectivity index (χ4n) is 3.11.